The van der Waals surface area contributed by atoms with Gasteiger partial charge in [0.15, 0.2) is 0 Å². The Kier molecular flexibility index (Phi) is 2.93. The maximum atomic E-state index is 12.0. The molecule has 1 aliphatic heterocycles. The SMILES string of the molecule is C=CCC(C(=O)O)N1C(=O)c2cccnc2C1=O. The number of rotatable bonds is 4. The first-order valence-electron chi connectivity index (χ1n) is 5.24. The van der Waals surface area contributed by atoms with Crippen molar-refractivity contribution in [3.05, 3.63) is 42.2 Å². The predicted molar refractivity (Wildman–Crippen MR) is 61.0 cm³/mol. The Labute approximate surface area is 103 Å². The molecule has 2 amide bonds. The fraction of sp³-hybridized carbons (Fsp3) is 0.167. The second-order valence-electron chi connectivity index (χ2n) is 3.76. The normalized spacial score (nSPS) is 15.4. The zero-order valence-corrected chi connectivity index (χ0v) is 9.37. The molecule has 0 bridgehead atoms. The first kappa shape index (κ1) is 12.0. The molecule has 0 radical (unpaired) electrons. The molecule has 1 aromatic heterocycles. The van der Waals surface area contributed by atoms with Crippen LogP contribution in [0.3, 0.4) is 0 Å². The van der Waals surface area contributed by atoms with Gasteiger partial charge in [0.1, 0.15) is 11.7 Å². The summed E-state index contributed by atoms with van der Waals surface area (Å²) in [5.74, 6) is -2.55. The number of nitrogens with zero attached hydrogens (tertiary/aromatic N) is 2. The number of carbonyl (C=O) groups excluding carboxylic acids is 2. The molecule has 1 N–H and O–H groups in total. The highest BCUT2D eigenvalue weighted by atomic mass is 16.4. The van der Waals surface area contributed by atoms with Gasteiger partial charge in [0.2, 0.25) is 0 Å². The highest BCUT2D eigenvalue weighted by Gasteiger charge is 2.43. The van der Waals surface area contributed by atoms with Crippen molar-refractivity contribution in [3.8, 4) is 0 Å². The Bertz CT molecular complexity index is 518. The molecule has 6 heteroatoms. The Hall–Kier alpha value is -2.50. The highest BCUT2D eigenvalue weighted by molar-refractivity contribution is 6.21. The van der Waals surface area contributed by atoms with E-state index >= 15 is 0 Å². The Morgan fingerprint density at radius 1 is 1.50 bits per heavy atom. The van der Waals surface area contributed by atoms with Gasteiger partial charge in [0, 0.05) is 6.20 Å². The predicted octanol–water partition coefficient (Wildman–Crippen LogP) is 0.707. The largest absolute Gasteiger partial charge is 0.480 e. The van der Waals surface area contributed by atoms with Crippen LogP contribution in [-0.4, -0.2) is 38.8 Å². The molecule has 2 rings (SSSR count). The van der Waals surface area contributed by atoms with Gasteiger partial charge in [0.25, 0.3) is 11.8 Å². The van der Waals surface area contributed by atoms with Crippen molar-refractivity contribution >= 4 is 17.8 Å². The van der Waals surface area contributed by atoms with Gasteiger partial charge in [-0.3, -0.25) is 19.5 Å². The van der Waals surface area contributed by atoms with Crippen molar-refractivity contribution in [2.45, 2.75) is 12.5 Å². The van der Waals surface area contributed by atoms with Gasteiger partial charge in [0.05, 0.1) is 5.56 Å². The molecular weight excluding hydrogens is 236 g/mol. The molecule has 0 saturated carbocycles. The second-order valence-corrected chi connectivity index (χ2v) is 3.76. The number of imide groups is 1. The van der Waals surface area contributed by atoms with Crippen molar-refractivity contribution in [2.24, 2.45) is 0 Å². The van der Waals surface area contributed by atoms with Crippen molar-refractivity contribution in [1.29, 1.82) is 0 Å². The standard InChI is InChI=1S/C12H10N2O4/c1-2-4-8(12(17)18)14-10(15)7-5-3-6-13-9(7)11(14)16/h2-3,5-6,8H,1,4H2,(H,17,18). The second kappa shape index (κ2) is 4.40. The number of fused-ring (bicyclic) bond motifs is 1. The molecule has 2 heterocycles. The maximum Gasteiger partial charge on any atom is 0.327 e. The lowest BCUT2D eigenvalue weighted by molar-refractivity contribution is -0.141. The average molecular weight is 246 g/mol. The van der Waals surface area contributed by atoms with E-state index in [1.807, 2.05) is 0 Å². The Balaban J connectivity index is 2.44. The van der Waals surface area contributed by atoms with Crippen LogP contribution in [0.15, 0.2) is 31.0 Å². The summed E-state index contributed by atoms with van der Waals surface area (Å²) in [6.07, 6.45) is 2.74. The van der Waals surface area contributed by atoms with Gasteiger partial charge in [-0.15, -0.1) is 6.58 Å². The van der Waals surface area contributed by atoms with E-state index in [4.69, 9.17) is 5.11 Å². The number of hydrogen-bond donors (Lipinski definition) is 1. The summed E-state index contributed by atoms with van der Waals surface area (Å²) in [6.45, 7) is 3.43. The van der Waals surface area contributed by atoms with Crippen molar-refractivity contribution in [1.82, 2.24) is 9.88 Å². The van der Waals surface area contributed by atoms with Gasteiger partial charge >= 0.3 is 5.97 Å². The molecule has 92 valence electrons. The first-order valence-corrected chi connectivity index (χ1v) is 5.24. The van der Waals surface area contributed by atoms with Crippen LogP contribution in [0, 0.1) is 0 Å². The average Bonchev–Trinajstić information content (AvgIpc) is 2.60. The van der Waals surface area contributed by atoms with Gasteiger partial charge in [-0.2, -0.15) is 0 Å². The summed E-state index contributed by atoms with van der Waals surface area (Å²) in [4.78, 5) is 39.6. The zero-order chi connectivity index (χ0) is 13.3. The summed E-state index contributed by atoms with van der Waals surface area (Å²) in [5.41, 5.74) is 0.135. The van der Waals surface area contributed by atoms with Crippen molar-refractivity contribution in [2.75, 3.05) is 0 Å². The van der Waals surface area contributed by atoms with Gasteiger partial charge in [-0.05, 0) is 18.6 Å². The molecule has 18 heavy (non-hydrogen) atoms. The van der Waals surface area contributed by atoms with Crippen LogP contribution in [0.25, 0.3) is 0 Å². The monoisotopic (exact) mass is 246 g/mol. The van der Waals surface area contributed by atoms with Crippen LogP contribution in [-0.2, 0) is 4.79 Å². The van der Waals surface area contributed by atoms with E-state index in [0.29, 0.717) is 0 Å². The van der Waals surface area contributed by atoms with Gasteiger partial charge in [-0.25, -0.2) is 4.79 Å². The lowest BCUT2D eigenvalue weighted by Gasteiger charge is -2.20. The van der Waals surface area contributed by atoms with E-state index in [-0.39, 0.29) is 17.7 Å². The fourth-order valence-corrected chi connectivity index (χ4v) is 1.84. The number of amides is 2. The third-order valence-corrected chi connectivity index (χ3v) is 2.66. The van der Waals surface area contributed by atoms with Crippen molar-refractivity contribution < 1.29 is 19.5 Å². The van der Waals surface area contributed by atoms with E-state index < -0.39 is 23.8 Å². The highest BCUT2D eigenvalue weighted by Crippen LogP contribution is 2.24. The van der Waals surface area contributed by atoms with E-state index in [9.17, 15) is 14.4 Å². The molecule has 0 spiro atoms. The molecule has 1 aliphatic rings. The molecule has 0 saturated heterocycles. The summed E-state index contributed by atoms with van der Waals surface area (Å²) in [7, 11) is 0. The number of aromatic nitrogens is 1. The minimum atomic E-state index is -1.25. The number of aliphatic carboxylic acids is 1. The van der Waals surface area contributed by atoms with Crippen LogP contribution in [0.2, 0.25) is 0 Å². The topological polar surface area (TPSA) is 87.6 Å². The van der Waals surface area contributed by atoms with Gasteiger partial charge in [-0.1, -0.05) is 6.08 Å². The number of hydrogen-bond acceptors (Lipinski definition) is 4. The molecule has 1 unspecified atom stereocenters. The van der Waals surface area contributed by atoms with Crippen LogP contribution in [0.4, 0.5) is 0 Å². The van der Waals surface area contributed by atoms with Crippen LogP contribution >= 0.6 is 0 Å². The lowest BCUT2D eigenvalue weighted by atomic mass is 10.2. The zero-order valence-electron chi connectivity index (χ0n) is 9.37. The van der Waals surface area contributed by atoms with E-state index in [0.717, 1.165) is 4.90 Å². The summed E-state index contributed by atoms with van der Waals surface area (Å²) >= 11 is 0. The molecule has 1 atom stereocenters. The summed E-state index contributed by atoms with van der Waals surface area (Å²) in [6, 6.07) is 1.74. The maximum absolute atomic E-state index is 12.0. The fourth-order valence-electron chi connectivity index (χ4n) is 1.84. The van der Waals surface area contributed by atoms with Gasteiger partial charge < -0.3 is 5.11 Å². The lowest BCUT2D eigenvalue weighted by Crippen LogP contribution is -2.44. The van der Waals surface area contributed by atoms with Crippen LogP contribution < -0.4 is 0 Å². The molecule has 1 aromatic rings. The summed E-state index contributed by atoms with van der Waals surface area (Å²) in [5, 5.41) is 9.07. The quantitative estimate of drug-likeness (QED) is 0.624. The van der Waals surface area contributed by atoms with Crippen LogP contribution in [0.5, 0.6) is 0 Å². The van der Waals surface area contributed by atoms with E-state index in [1.165, 1.54) is 24.4 Å². The Morgan fingerprint density at radius 3 is 2.78 bits per heavy atom. The smallest absolute Gasteiger partial charge is 0.327 e. The van der Waals surface area contributed by atoms with Crippen LogP contribution in [0.1, 0.15) is 27.3 Å². The van der Waals surface area contributed by atoms with Crippen molar-refractivity contribution in [3.63, 3.8) is 0 Å². The molecule has 0 aliphatic carbocycles. The third kappa shape index (κ3) is 1.67. The first-order chi connectivity index (χ1) is 8.57. The summed E-state index contributed by atoms with van der Waals surface area (Å²) < 4.78 is 0. The number of carboxylic acid groups (broad SMARTS) is 1. The number of carbonyl (C=O) groups is 3. The Morgan fingerprint density at radius 2 is 2.22 bits per heavy atom. The third-order valence-electron chi connectivity index (χ3n) is 2.66. The molecular formula is C12H10N2O4. The molecule has 0 fully saturated rings. The van der Waals surface area contributed by atoms with E-state index in [1.54, 1.807) is 0 Å². The number of carboxylic acids is 1. The minimum Gasteiger partial charge on any atom is -0.480 e. The van der Waals surface area contributed by atoms with E-state index in [2.05, 4.69) is 11.6 Å². The molecule has 6 nitrogen and oxygen atoms in total. The molecule has 0 aromatic carbocycles. The minimum absolute atomic E-state index is 0.000796. The number of pyridine rings is 1.